The molecule has 2 aromatic carbocycles. The first-order valence-corrected chi connectivity index (χ1v) is 7.25. The lowest BCUT2D eigenvalue weighted by atomic mass is 10.1. The summed E-state index contributed by atoms with van der Waals surface area (Å²) in [5.74, 6) is 0.470. The van der Waals surface area contributed by atoms with Crippen LogP contribution in [-0.4, -0.2) is 24.3 Å². The van der Waals surface area contributed by atoms with Gasteiger partial charge in [-0.2, -0.15) is 0 Å². The summed E-state index contributed by atoms with van der Waals surface area (Å²) in [5, 5.41) is 8.85. The molecule has 2 aromatic rings. The number of carboxylic acids is 1. The zero-order valence-electron chi connectivity index (χ0n) is 11.3. The van der Waals surface area contributed by atoms with Crippen LogP contribution in [0.1, 0.15) is 5.56 Å². The summed E-state index contributed by atoms with van der Waals surface area (Å²) in [5.41, 5.74) is 0.661. The smallest absolute Gasteiger partial charge is 0.307 e. The molecule has 0 radical (unpaired) electrons. The second-order valence-corrected chi connectivity index (χ2v) is 5.24. The number of carboxylic acid groups (broad SMARTS) is 1. The average molecular weight is 351 g/mol. The fraction of sp³-hybridized carbons (Fsp3) is 0.188. The zero-order chi connectivity index (χ0) is 15.1. The lowest BCUT2D eigenvalue weighted by molar-refractivity contribution is -0.136. The minimum atomic E-state index is -0.878. The van der Waals surface area contributed by atoms with Crippen LogP contribution in [0.3, 0.4) is 0 Å². The van der Waals surface area contributed by atoms with Gasteiger partial charge in [-0.1, -0.05) is 34.1 Å². The molecule has 0 unspecified atom stereocenters. The predicted molar refractivity (Wildman–Crippen MR) is 82.9 cm³/mol. The van der Waals surface area contributed by atoms with Crippen LogP contribution < -0.4 is 9.47 Å². The van der Waals surface area contributed by atoms with E-state index in [4.69, 9.17) is 14.6 Å². The molecule has 0 aliphatic rings. The van der Waals surface area contributed by atoms with Crippen LogP contribution in [0.25, 0.3) is 0 Å². The molecule has 0 amide bonds. The molecule has 5 heteroatoms. The van der Waals surface area contributed by atoms with Crippen molar-refractivity contribution in [3.05, 3.63) is 58.6 Å². The summed E-state index contributed by atoms with van der Waals surface area (Å²) in [7, 11) is 0. The fourth-order valence-electron chi connectivity index (χ4n) is 1.80. The van der Waals surface area contributed by atoms with E-state index in [-0.39, 0.29) is 6.42 Å². The Morgan fingerprint density at radius 3 is 2.38 bits per heavy atom. The molecule has 1 N–H and O–H groups in total. The lowest BCUT2D eigenvalue weighted by Crippen LogP contribution is -2.11. The minimum Gasteiger partial charge on any atom is -0.490 e. The Bertz CT molecular complexity index is 595. The number of hydrogen-bond acceptors (Lipinski definition) is 3. The topological polar surface area (TPSA) is 55.8 Å². The predicted octanol–water partition coefficient (Wildman–Crippen LogP) is 3.53. The Morgan fingerprint density at radius 2 is 1.67 bits per heavy atom. The molecule has 4 nitrogen and oxygen atoms in total. The summed E-state index contributed by atoms with van der Waals surface area (Å²) in [4.78, 5) is 10.8. The second-order valence-electron chi connectivity index (χ2n) is 4.33. The third kappa shape index (κ3) is 5.11. The van der Waals surface area contributed by atoms with E-state index in [1.807, 2.05) is 30.3 Å². The third-order valence-electron chi connectivity index (χ3n) is 2.74. The summed E-state index contributed by atoms with van der Waals surface area (Å²) in [6.45, 7) is 0.746. The zero-order valence-corrected chi connectivity index (χ0v) is 12.9. The van der Waals surface area contributed by atoms with Crippen LogP contribution in [-0.2, 0) is 11.2 Å². The van der Waals surface area contributed by atoms with Gasteiger partial charge in [0.05, 0.1) is 6.42 Å². The van der Waals surface area contributed by atoms with Crippen molar-refractivity contribution >= 4 is 21.9 Å². The first-order chi connectivity index (χ1) is 10.1. The number of rotatable bonds is 7. The van der Waals surface area contributed by atoms with Gasteiger partial charge in [0.25, 0.3) is 0 Å². The third-order valence-corrected chi connectivity index (χ3v) is 3.27. The van der Waals surface area contributed by atoms with Crippen LogP contribution in [0.5, 0.6) is 11.5 Å². The van der Waals surface area contributed by atoms with E-state index in [0.717, 1.165) is 10.2 Å². The van der Waals surface area contributed by atoms with Crippen LogP contribution in [0, 0.1) is 0 Å². The van der Waals surface area contributed by atoms with Crippen molar-refractivity contribution in [1.82, 2.24) is 0 Å². The van der Waals surface area contributed by atoms with Crippen molar-refractivity contribution in [1.29, 1.82) is 0 Å². The maximum absolute atomic E-state index is 10.8. The van der Waals surface area contributed by atoms with E-state index in [1.165, 1.54) is 0 Å². The Hall–Kier alpha value is -2.01. The number of halogens is 1. The maximum atomic E-state index is 10.8. The lowest BCUT2D eigenvalue weighted by Gasteiger charge is -2.11. The van der Waals surface area contributed by atoms with E-state index >= 15 is 0 Å². The molecule has 0 saturated heterocycles. The van der Waals surface area contributed by atoms with Gasteiger partial charge in [-0.25, -0.2) is 0 Å². The largest absolute Gasteiger partial charge is 0.490 e. The normalized spacial score (nSPS) is 10.1. The molecule has 0 saturated carbocycles. The highest BCUT2D eigenvalue weighted by Crippen LogP contribution is 2.19. The highest BCUT2D eigenvalue weighted by atomic mass is 79.9. The second kappa shape index (κ2) is 7.69. The summed E-state index contributed by atoms with van der Waals surface area (Å²) < 4.78 is 12.1. The first kappa shape index (κ1) is 15.4. The Balaban J connectivity index is 1.83. The molecule has 110 valence electrons. The highest BCUT2D eigenvalue weighted by Gasteiger charge is 2.07. The molecule has 0 aliphatic heterocycles. The Morgan fingerprint density at radius 1 is 1.00 bits per heavy atom. The Labute approximate surface area is 131 Å². The number of benzene rings is 2. The van der Waals surface area contributed by atoms with E-state index in [9.17, 15) is 4.79 Å². The van der Waals surface area contributed by atoms with Crippen molar-refractivity contribution in [2.45, 2.75) is 6.42 Å². The van der Waals surface area contributed by atoms with Gasteiger partial charge in [-0.15, -0.1) is 0 Å². The summed E-state index contributed by atoms with van der Waals surface area (Å²) >= 11 is 3.36. The van der Waals surface area contributed by atoms with Crippen LogP contribution in [0.15, 0.2) is 53.0 Å². The fourth-order valence-corrected chi connectivity index (χ4v) is 2.06. The molecule has 21 heavy (non-hydrogen) atoms. The van der Waals surface area contributed by atoms with Gasteiger partial charge in [0, 0.05) is 10.0 Å². The molecule has 0 aliphatic carbocycles. The summed E-state index contributed by atoms with van der Waals surface area (Å²) in [6, 6.07) is 14.7. The van der Waals surface area contributed by atoms with Gasteiger partial charge in [0.2, 0.25) is 0 Å². The number of hydrogen-bond donors (Lipinski definition) is 1. The standard InChI is InChI=1S/C16H15BrO4/c17-13-5-7-14(8-6-13)20-9-10-21-15-4-2-1-3-12(15)11-16(18)19/h1-8H,9-11H2,(H,18,19). The molecule has 0 spiro atoms. The van der Waals surface area contributed by atoms with E-state index in [1.54, 1.807) is 18.2 Å². The molecule has 0 aromatic heterocycles. The average Bonchev–Trinajstić information content (AvgIpc) is 2.46. The number of aliphatic carboxylic acids is 1. The van der Waals surface area contributed by atoms with E-state index < -0.39 is 5.97 Å². The molecule has 0 atom stereocenters. The van der Waals surface area contributed by atoms with Crippen molar-refractivity contribution in [3.63, 3.8) is 0 Å². The van der Waals surface area contributed by atoms with Crippen LogP contribution >= 0.6 is 15.9 Å². The maximum Gasteiger partial charge on any atom is 0.307 e. The monoisotopic (exact) mass is 350 g/mol. The van der Waals surface area contributed by atoms with Crippen LogP contribution in [0.2, 0.25) is 0 Å². The van der Waals surface area contributed by atoms with E-state index in [2.05, 4.69) is 15.9 Å². The van der Waals surface area contributed by atoms with Crippen LogP contribution in [0.4, 0.5) is 0 Å². The van der Waals surface area contributed by atoms with Gasteiger partial charge >= 0.3 is 5.97 Å². The van der Waals surface area contributed by atoms with Gasteiger partial charge in [0.15, 0.2) is 0 Å². The number of ether oxygens (including phenoxy) is 2. The van der Waals surface area contributed by atoms with Crippen molar-refractivity contribution in [2.24, 2.45) is 0 Å². The molecule has 2 rings (SSSR count). The van der Waals surface area contributed by atoms with Gasteiger partial charge in [-0.3, -0.25) is 4.79 Å². The van der Waals surface area contributed by atoms with Gasteiger partial charge < -0.3 is 14.6 Å². The summed E-state index contributed by atoms with van der Waals surface area (Å²) in [6.07, 6.45) is -0.0518. The molecule has 0 bridgehead atoms. The van der Waals surface area contributed by atoms with Crippen molar-refractivity contribution in [3.8, 4) is 11.5 Å². The van der Waals surface area contributed by atoms with Crippen molar-refractivity contribution < 1.29 is 19.4 Å². The number of carbonyl (C=O) groups is 1. The molecular weight excluding hydrogens is 336 g/mol. The number of para-hydroxylation sites is 1. The van der Waals surface area contributed by atoms with E-state index in [0.29, 0.717) is 24.5 Å². The van der Waals surface area contributed by atoms with Gasteiger partial charge in [0.1, 0.15) is 24.7 Å². The quantitative estimate of drug-likeness (QED) is 0.776. The highest BCUT2D eigenvalue weighted by molar-refractivity contribution is 9.10. The SMILES string of the molecule is O=C(O)Cc1ccccc1OCCOc1ccc(Br)cc1. The first-order valence-electron chi connectivity index (χ1n) is 6.46. The van der Waals surface area contributed by atoms with Crippen molar-refractivity contribution in [2.75, 3.05) is 13.2 Å². The molecule has 0 fully saturated rings. The Kier molecular flexibility index (Phi) is 5.63. The molecular formula is C16H15BrO4. The minimum absolute atomic E-state index is 0.0518. The van der Waals surface area contributed by atoms with Gasteiger partial charge in [-0.05, 0) is 30.3 Å². The molecule has 0 heterocycles.